The van der Waals surface area contributed by atoms with Gasteiger partial charge in [0.1, 0.15) is 0 Å². The van der Waals surface area contributed by atoms with E-state index in [1.54, 1.807) is 4.68 Å². The minimum absolute atomic E-state index is 0.144. The number of hydrogen-bond donors (Lipinski definition) is 1. The molecule has 96 valence electrons. The number of rotatable bonds is 7. The highest BCUT2D eigenvalue weighted by Crippen LogP contribution is 1.98. The molecule has 1 unspecified atom stereocenters. The van der Waals surface area contributed by atoms with E-state index in [4.69, 9.17) is 4.74 Å². The molecule has 0 aliphatic carbocycles. The molecule has 1 atom stereocenters. The van der Waals surface area contributed by atoms with Crippen molar-refractivity contribution in [2.45, 2.75) is 32.7 Å². The molecule has 0 saturated heterocycles. The van der Waals surface area contributed by atoms with Gasteiger partial charge in [0, 0.05) is 19.3 Å². The zero-order chi connectivity index (χ0) is 12.7. The van der Waals surface area contributed by atoms with E-state index in [0.717, 1.165) is 13.0 Å². The molecule has 1 heterocycles. The Morgan fingerprint density at radius 2 is 2.41 bits per heavy atom. The molecule has 1 rings (SSSR count). The van der Waals surface area contributed by atoms with Crippen LogP contribution >= 0.6 is 0 Å². The van der Waals surface area contributed by atoms with Crippen molar-refractivity contribution >= 4 is 5.97 Å². The summed E-state index contributed by atoms with van der Waals surface area (Å²) < 4.78 is 6.68. The summed E-state index contributed by atoms with van der Waals surface area (Å²) in [5.41, 5.74) is 1.20. The molecule has 0 amide bonds. The minimum atomic E-state index is -0.145. The summed E-state index contributed by atoms with van der Waals surface area (Å²) in [6.07, 6.45) is 5.19. The predicted octanol–water partition coefficient (Wildman–Crippen LogP) is 0.894. The highest BCUT2D eigenvalue weighted by Gasteiger charge is 2.08. The molecular weight excluding hydrogens is 218 g/mol. The van der Waals surface area contributed by atoms with Gasteiger partial charge in [-0.15, -0.1) is 0 Å². The van der Waals surface area contributed by atoms with E-state index < -0.39 is 0 Å². The van der Waals surface area contributed by atoms with Gasteiger partial charge >= 0.3 is 5.97 Å². The standard InChI is InChI=1S/C12H21N3O2/c1-4-17-12(16)7-10(2)13-6-5-11-8-14-15(3)9-11/h8-10,13H,4-7H2,1-3H3. The van der Waals surface area contributed by atoms with Crippen molar-refractivity contribution < 1.29 is 9.53 Å². The van der Waals surface area contributed by atoms with Crippen LogP contribution in [-0.4, -0.2) is 34.9 Å². The number of carbonyl (C=O) groups excluding carboxylic acids is 1. The van der Waals surface area contributed by atoms with Gasteiger partial charge in [-0.2, -0.15) is 5.10 Å². The van der Waals surface area contributed by atoms with Crippen LogP contribution in [0, 0.1) is 0 Å². The number of nitrogens with one attached hydrogen (secondary N) is 1. The fourth-order valence-corrected chi connectivity index (χ4v) is 1.61. The number of aromatic nitrogens is 2. The van der Waals surface area contributed by atoms with Gasteiger partial charge in [0.2, 0.25) is 0 Å². The lowest BCUT2D eigenvalue weighted by molar-refractivity contribution is -0.143. The minimum Gasteiger partial charge on any atom is -0.466 e. The lowest BCUT2D eigenvalue weighted by Crippen LogP contribution is -2.30. The quantitative estimate of drug-likeness (QED) is 0.718. The Morgan fingerprint density at radius 3 is 3.00 bits per heavy atom. The van der Waals surface area contributed by atoms with Gasteiger partial charge in [-0.05, 0) is 32.4 Å². The number of nitrogens with zero attached hydrogens (tertiary/aromatic N) is 2. The smallest absolute Gasteiger partial charge is 0.307 e. The molecule has 5 heteroatoms. The number of aryl methyl sites for hydroxylation is 1. The third-order valence-corrected chi connectivity index (χ3v) is 2.44. The fraction of sp³-hybridized carbons (Fsp3) is 0.667. The third kappa shape index (κ3) is 5.49. The van der Waals surface area contributed by atoms with Crippen LogP contribution in [0.2, 0.25) is 0 Å². The monoisotopic (exact) mass is 239 g/mol. The lowest BCUT2D eigenvalue weighted by atomic mass is 10.2. The maximum atomic E-state index is 11.2. The zero-order valence-corrected chi connectivity index (χ0v) is 10.8. The zero-order valence-electron chi connectivity index (χ0n) is 10.8. The fourth-order valence-electron chi connectivity index (χ4n) is 1.61. The van der Waals surface area contributed by atoms with Gasteiger partial charge in [-0.3, -0.25) is 9.48 Å². The van der Waals surface area contributed by atoms with Gasteiger partial charge in [0.25, 0.3) is 0 Å². The highest BCUT2D eigenvalue weighted by atomic mass is 16.5. The molecule has 1 aromatic rings. The normalized spacial score (nSPS) is 12.4. The van der Waals surface area contributed by atoms with Gasteiger partial charge < -0.3 is 10.1 Å². The second-order valence-electron chi connectivity index (χ2n) is 4.14. The average Bonchev–Trinajstić information content (AvgIpc) is 2.64. The Bertz CT molecular complexity index is 349. The Morgan fingerprint density at radius 1 is 1.65 bits per heavy atom. The van der Waals surface area contributed by atoms with Crippen LogP contribution in [0.1, 0.15) is 25.8 Å². The van der Waals surface area contributed by atoms with Gasteiger partial charge in [0.05, 0.1) is 19.2 Å². The SMILES string of the molecule is CCOC(=O)CC(C)NCCc1cnn(C)c1. The number of hydrogen-bond acceptors (Lipinski definition) is 4. The van der Waals surface area contributed by atoms with Crippen LogP contribution in [0.15, 0.2) is 12.4 Å². The topological polar surface area (TPSA) is 56.1 Å². The second kappa shape index (κ2) is 7.06. The molecule has 0 saturated carbocycles. The summed E-state index contributed by atoms with van der Waals surface area (Å²) in [7, 11) is 1.90. The molecule has 0 aliphatic rings. The number of ether oxygens (including phenoxy) is 1. The number of esters is 1. The van der Waals surface area contributed by atoms with E-state index in [0.29, 0.717) is 13.0 Å². The maximum Gasteiger partial charge on any atom is 0.307 e. The summed E-state index contributed by atoms with van der Waals surface area (Å²) in [4.78, 5) is 11.2. The predicted molar refractivity (Wildman–Crippen MR) is 65.6 cm³/mol. The molecular formula is C12H21N3O2. The van der Waals surface area contributed by atoms with E-state index in [1.807, 2.05) is 33.3 Å². The van der Waals surface area contributed by atoms with Crippen LogP contribution in [0.4, 0.5) is 0 Å². The second-order valence-corrected chi connectivity index (χ2v) is 4.14. The van der Waals surface area contributed by atoms with E-state index in [2.05, 4.69) is 10.4 Å². The molecule has 0 fully saturated rings. The first kappa shape index (κ1) is 13.7. The van der Waals surface area contributed by atoms with Crippen molar-refractivity contribution in [3.63, 3.8) is 0 Å². The first-order valence-electron chi connectivity index (χ1n) is 5.98. The van der Waals surface area contributed by atoms with Crippen LogP contribution in [0.3, 0.4) is 0 Å². The van der Waals surface area contributed by atoms with Crippen molar-refractivity contribution in [1.29, 1.82) is 0 Å². The third-order valence-electron chi connectivity index (χ3n) is 2.44. The maximum absolute atomic E-state index is 11.2. The lowest BCUT2D eigenvalue weighted by Gasteiger charge is -2.12. The van der Waals surface area contributed by atoms with Gasteiger partial charge in [-0.25, -0.2) is 0 Å². The average molecular weight is 239 g/mol. The molecule has 1 N–H and O–H groups in total. The van der Waals surface area contributed by atoms with Crippen LogP contribution < -0.4 is 5.32 Å². The van der Waals surface area contributed by atoms with Crippen molar-refractivity contribution in [2.24, 2.45) is 7.05 Å². The summed E-state index contributed by atoms with van der Waals surface area (Å²) in [5, 5.41) is 7.39. The van der Waals surface area contributed by atoms with Gasteiger partial charge in [-0.1, -0.05) is 0 Å². The van der Waals surface area contributed by atoms with E-state index in [9.17, 15) is 4.79 Å². The summed E-state index contributed by atoms with van der Waals surface area (Å²) in [5.74, 6) is -0.145. The van der Waals surface area contributed by atoms with Crippen molar-refractivity contribution in [1.82, 2.24) is 15.1 Å². The van der Waals surface area contributed by atoms with Crippen LogP contribution in [0.5, 0.6) is 0 Å². The molecule has 0 radical (unpaired) electrons. The highest BCUT2D eigenvalue weighted by molar-refractivity contribution is 5.69. The molecule has 0 aliphatic heterocycles. The first-order chi connectivity index (χ1) is 8.11. The van der Waals surface area contributed by atoms with Gasteiger partial charge in [0.15, 0.2) is 0 Å². The number of carbonyl (C=O) groups is 1. The first-order valence-corrected chi connectivity index (χ1v) is 5.98. The summed E-state index contributed by atoms with van der Waals surface area (Å²) >= 11 is 0. The van der Waals surface area contributed by atoms with Crippen molar-refractivity contribution in [3.8, 4) is 0 Å². The molecule has 1 aromatic heterocycles. The van der Waals surface area contributed by atoms with Crippen molar-refractivity contribution in [3.05, 3.63) is 18.0 Å². The summed E-state index contributed by atoms with van der Waals surface area (Å²) in [6.45, 7) is 5.09. The van der Waals surface area contributed by atoms with E-state index in [-0.39, 0.29) is 12.0 Å². The largest absolute Gasteiger partial charge is 0.466 e. The van der Waals surface area contributed by atoms with E-state index >= 15 is 0 Å². The Hall–Kier alpha value is -1.36. The molecule has 0 aromatic carbocycles. The van der Waals surface area contributed by atoms with Crippen LogP contribution in [-0.2, 0) is 23.0 Å². The Labute approximate surface area is 102 Å². The Kier molecular flexibility index (Phi) is 5.69. The molecule has 17 heavy (non-hydrogen) atoms. The molecule has 0 bridgehead atoms. The molecule has 5 nitrogen and oxygen atoms in total. The van der Waals surface area contributed by atoms with E-state index in [1.165, 1.54) is 5.56 Å². The summed E-state index contributed by atoms with van der Waals surface area (Å²) in [6, 6.07) is 0.144. The van der Waals surface area contributed by atoms with Crippen molar-refractivity contribution in [2.75, 3.05) is 13.2 Å². The molecule has 0 spiro atoms. The van der Waals surface area contributed by atoms with Crippen LogP contribution in [0.25, 0.3) is 0 Å². The Balaban J connectivity index is 2.15.